The zero-order valence-electron chi connectivity index (χ0n) is 17.3. The van der Waals surface area contributed by atoms with Crippen LogP contribution in [0.2, 0.25) is 0 Å². The summed E-state index contributed by atoms with van der Waals surface area (Å²) in [5.74, 6) is 0.719. The van der Waals surface area contributed by atoms with Gasteiger partial charge in [-0.15, -0.1) is 0 Å². The monoisotopic (exact) mass is 398 g/mol. The van der Waals surface area contributed by atoms with Crippen molar-refractivity contribution in [2.24, 2.45) is 14.1 Å². The number of fused-ring (bicyclic) bond motifs is 1. The predicted molar refractivity (Wildman–Crippen MR) is 115 cm³/mol. The van der Waals surface area contributed by atoms with E-state index >= 15 is 0 Å². The number of imidazole rings is 1. The number of rotatable bonds is 10. The summed E-state index contributed by atoms with van der Waals surface area (Å²) in [6.45, 7) is 2.95. The van der Waals surface area contributed by atoms with E-state index in [4.69, 9.17) is 4.74 Å². The minimum absolute atomic E-state index is 0.0838. The summed E-state index contributed by atoms with van der Waals surface area (Å²) in [6, 6.07) is 13.4. The highest BCUT2D eigenvalue weighted by Gasteiger charge is 2.13. The number of hydrogen-bond acceptors (Lipinski definition) is 5. The Balaban J connectivity index is 1.55. The third-order valence-corrected chi connectivity index (χ3v) is 5.12. The fraction of sp³-hybridized carbons (Fsp3) is 0.409. The molecule has 3 rings (SSSR count). The quantitative estimate of drug-likeness (QED) is 0.453. The summed E-state index contributed by atoms with van der Waals surface area (Å²) in [5.41, 5.74) is 3.46. The maximum Gasteiger partial charge on any atom is 0.328 e. The van der Waals surface area contributed by atoms with Gasteiger partial charge in [-0.1, -0.05) is 18.2 Å². The van der Waals surface area contributed by atoms with E-state index in [9.17, 15) is 9.90 Å². The number of aliphatic hydroxyl groups excluding tert-OH is 1. The van der Waals surface area contributed by atoms with Crippen LogP contribution >= 0.6 is 0 Å². The molecule has 0 saturated carbocycles. The van der Waals surface area contributed by atoms with Crippen LogP contribution in [0.1, 0.15) is 23.7 Å². The molecule has 156 valence electrons. The lowest BCUT2D eigenvalue weighted by atomic mass is 10.1. The van der Waals surface area contributed by atoms with Crippen molar-refractivity contribution in [3.05, 3.63) is 64.1 Å². The van der Waals surface area contributed by atoms with Gasteiger partial charge in [0.1, 0.15) is 18.5 Å². The molecule has 0 bridgehead atoms. The Morgan fingerprint density at radius 2 is 1.76 bits per heavy atom. The van der Waals surface area contributed by atoms with Crippen molar-refractivity contribution in [2.75, 3.05) is 26.7 Å². The van der Waals surface area contributed by atoms with Crippen LogP contribution in [0.4, 0.5) is 0 Å². The Hall–Kier alpha value is -2.61. The highest BCUT2D eigenvalue weighted by atomic mass is 16.5. The van der Waals surface area contributed by atoms with Crippen molar-refractivity contribution >= 4 is 11.0 Å². The van der Waals surface area contributed by atoms with Crippen LogP contribution in [0, 0.1) is 0 Å². The minimum atomic E-state index is -0.775. The van der Waals surface area contributed by atoms with E-state index in [0.29, 0.717) is 0 Å². The van der Waals surface area contributed by atoms with Crippen molar-refractivity contribution in [1.82, 2.24) is 19.8 Å². The van der Waals surface area contributed by atoms with Gasteiger partial charge in [0.05, 0.1) is 11.0 Å². The van der Waals surface area contributed by atoms with Crippen LogP contribution in [0.15, 0.2) is 47.3 Å². The fourth-order valence-corrected chi connectivity index (χ4v) is 3.33. The maximum absolute atomic E-state index is 12.1. The Labute approximate surface area is 170 Å². The van der Waals surface area contributed by atoms with Crippen LogP contribution in [0.5, 0.6) is 5.75 Å². The molecule has 0 unspecified atom stereocenters. The Bertz CT molecular complexity index is 992. The Morgan fingerprint density at radius 3 is 2.48 bits per heavy atom. The number of aromatic nitrogens is 2. The highest BCUT2D eigenvalue weighted by Crippen LogP contribution is 2.21. The van der Waals surface area contributed by atoms with Gasteiger partial charge in [-0.2, -0.15) is 0 Å². The number of nitrogens with one attached hydrogen (secondary N) is 2. The Kier molecular flexibility index (Phi) is 7.09. The minimum Gasteiger partial charge on any atom is -0.491 e. The first-order valence-electron chi connectivity index (χ1n) is 9.91. The molecule has 1 heterocycles. The van der Waals surface area contributed by atoms with E-state index in [1.165, 1.54) is 5.56 Å². The molecule has 0 radical (unpaired) electrons. The lowest BCUT2D eigenvalue weighted by Gasteiger charge is -2.13. The van der Waals surface area contributed by atoms with E-state index in [0.717, 1.165) is 48.4 Å². The van der Waals surface area contributed by atoms with Crippen LogP contribution in [0.3, 0.4) is 0 Å². The van der Waals surface area contributed by atoms with E-state index in [1.807, 2.05) is 49.5 Å². The van der Waals surface area contributed by atoms with Crippen LogP contribution in [-0.4, -0.2) is 41.0 Å². The van der Waals surface area contributed by atoms with Gasteiger partial charge in [0.2, 0.25) is 0 Å². The first-order valence-corrected chi connectivity index (χ1v) is 9.91. The largest absolute Gasteiger partial charge is 0.491 e. The molecule has 7 heteroatoms. The van der Waals surface area contributed by atoms with Crippen molar-refractivity contribution in [2.45, 2.75) is 19.1 Å². The second kappa shape index (κ2) is 9.73. The molecule has 0 fully saturated rings. The van der Waals surface area contributed by atoms with Crippen molar-refractivity contribution < 1.29 is 9.84 Å². The normalized spacial score (nSPS) is 12.4. The molecule has 2 aromatic carbocycles. The zero-order chi connectivity index (χ0) is 20.8. The second-order valence-corrected chi connectivity index (χ2v) is 7.25. The molecule has 0 spiro atoms. The first kappa shape index (κ1) is 21.1. The summed E-state index contributed by atoms with van der Waals surface area (Å²) in [4.78, 5) is 12.1. The summed E-state index contributed by atoms with van der Waals surface area (Å²) in [5, 5.41) is 17.1. The summed E-state index contributed by atoms with van der Waals surface area (Å²) >= 11 is 0. The van der Waals surface area contributed by atoms with E-state index in [2.05, 4.69) is 10.6 Å². The van der Waals surface area contributed by atoms with E-state index < -0.39 is 6.10 Å². The van der Waals surface area contributed by atoms with E-state index in [1.54, 1.807) is 23.2 Å². The number of aliphatic hydroxyl groups is 1. The highest BCUT2D eigenvalue weighted by molar-refractivity contribution is 5.76. The SMILES string of the molecule is CNCCCNCc1ccc(OC[C@H](O)c2ccc3c(c2)n(C)c(=O)n3C)cc1. The van der Waals surface area contributed by atoms with Crippen molar-refractivity contribution in [3.8, 4) is 5.75 Å². The first-order chi connectivity index (χ1) is 14.0. The van der Waals surface area contributed by atoms with Gasteiger partial charge in [0.15, 0.2) is 0 Å². The van der Waals surface area contributed by atoms with E-state index in [-0.39, 0.29) is 12.3 Å². The molecular formula is C22H30N4O3. The molecule has 3 N–H and O–H groups in total. The number of hydrogen-bond donors (Lipinski definition) is 3. The molecule has 7 nitrogen and oxygen atoms in total. The average molecular weight is 399 g/mol. The topological polar surface area (TPSA) is 80.4 Å². The molecule has 0 aliphatic rings. The van der Waals surface area contributed by atoms with Gasteiger partial charge in [-0.25, -0.2) is 4.79 Å². The molecule has 1 aromatic heterocycles. The average Bonchev–Trinajstić information content (AvgIpc) is 2.96. The number of aryl methyl sites for hydroxylation is 2. The molecular weight excluding hydrogens is 368 g/mol. The smallest absolute Gasteiger partial charge is 0.328 e. The lowest BCUT2D eigenvalue weighted by molar-refractivity contribution is 0.108. The van der Waals surface area contributed by atoms with Gasteiger partial charge in [-0.3, -0.25) is 9.13 Å². The summed E-state index contributed by atoms with van der Waals surface area (Å²) in [7, 11) is 5.43. The second-order valence-electron chi connectivity index (χ2n) is 7.25. The number of ether oxygens (including phenoxy) is 1. The third-order valence-electron chi connectivity index (χ3n) is 5.12. The molecule has 29 heavy (non-hydrogen) atoms. The fourth-order valence-electron chi connectivity index (χ4n) is 3.33. The molecule has 0 aliphatic heterocycles. The van der Waals surface area contributed by atoms with Crippen molar-refractivity contribution in [3.63, 3.8) is 0 Å². The van der Waals surface area contributed by atoms with Gasteiger partial charge in [0, 0.05) is 20.6 Å². The number of nitrogens with zero attached hydrogens (tertiary/aromatic N) is 2. The summed E-state index contributed by atoms with van der Waals surface area (Å²) < 4.78 is 8.93. The van der Waals surface area contributed by atoms with Crippen LogP contribution < -0.4 is 21.1 Å². The van der Waals surface area contributed by atoms with Crippen LogP contribution in [0.25, 0.3) is 11.0 Å². The van der Waals surface area contributed by atoms with Gasteiger partial charge >= 0.3 is 5.69 Å². The molecule has 3 aromatic rings. The van der Waals surface area contributed by atoms with Gasteiger partial charge in [0.25, 0.3) is 0 Å². The molecule has 1 atom stereocenters. The maximum atomic E-state index is 12.1. The number of benzene rings is 2. The summed E-state index contributed by atoms with van der Waals surface area (Å²) in [6.07, 6.45) is 0.321. The molecule has 0 saturated heterocycles. The molecule has 0 aliphatic carbocycles. The predicted octanol–water partition coefficient (Wildman–Crippen LogP) is 1.69. The van der Waals surface area contributed by atoms with Crippen molar-refractivity contribution in [1.29, 1.82) is 0 Å². The van der Waals surface area contributed by atoms with Gasteiger partial charge < -0.3 is 20.5 Å². The van der Waals surface area contributed by atoms with Crippen LogP contribution in [-0.2, 0) is 20.6 Å². The lowest BCUT2D eigenvalue weighted by Crippen LogP contribution is -2.19. The third kappa shape index (κ3) is 5.06. The standard InChI is InChI=1S/C22H30N4O3/c1-23-11-4-12-24-14-16-5-8-18(9-6-16)29-15-21(27)17-7-10-19-20(13-17)26(3)22(28)25(19)2/h5-10,13,21,23-24,27H,4,11-12,14-15H2,1-3H3/t21-/m0/s1. The zero-order valence-corrected chi connectivity index (χ0v) is 17.3. The Morgan fingerprint density at radius 1 is 1.03 bits per heavy atom. The molecule has 0 amide bonds. The van der Waals surface area contributed by atoms with Gasteiger partial charge in [-0.05, 0) is 62.0 Å².